The van der Waals surface area contributed by atoms with E-state index in [1.54, 1.807) is 21.3 Å². The van der Waals surface area contributed by atoms with Gasteiger partial charge in [-0.3, -0.25) is 4.98 Å². The molecule has 0 heterocycles. The van der Waals surface area contributed by atoms with Gasteiger partial charge in [-0.15, -0.1) is 0 Å². The maximum Gasteiger partial charge on any atom is 0.595 e. The Labute approximate surface area is 88.4 Å². The minimum Gasteiger partial charge on any atom is -0.364 e. The Morgan fingerprint density at radius 1 is 1.07 bits per heavy atom. The number of hydrogen-bond acceptors (Lipinski definition) is 4. The molecule has 0 aliphatic carbocycles. The third-order valence-corrected chi connectivity index (χ3v) is 4.40. The van der Waals surface area contributed by atoms with Gasteiger partial charge < -0.3 is 13.3 Å². The molecule has 0 spiro atoms. The fourth-order valence-electron chi connectivity index (χ4n) is 1.22. The molecule has 0 rings (SSSR count). The van der Waals surface area contributed by atoms with Crippen molar-refractivity contribution in [3.63, 3.8) is 0 Å². The summed E-state index contributed by atoms with van der Waals surface area (Å²) in [4.78, 5) is 3.21. The average Bonchev–Trinajstić information content (AvgIpc) is 2.19. The summed E-state index contributed by atoms with van der Waals surface area (Å²) in [6.07, 6.45) is 2.32. The van der Waals surface area contributed by atoms with Gasteiger partial charge in [-0.25, -0.2) is 0 Å². The van der Waals surface area contributed by atoms with Crippen LogP contribution in [0.1, 0.15) is 26.7 Å². The normalized spacial score (nSPS) is 12.4. The Balaban J connectivity index is 3.71. The maximum absolute atomic E-state index is 5.23. The summed E-state index contributed by atoms with van der Waals surface area (Å²) in [7, 11) is 2.28. The van der Waals surface area contributed by atoms with Crippen LogP contribution in [0, 0.1) is 5.92 Å². The van der Waals surface area contributed by atoms with Gasteiger partial charge in [0.1, 0.15) is 0 Å². The highest BCUT2D eigenvalue weighted by Crippen LogP contribution is 2.05. The van der Waals surface area contributed by atoms with Crippen molar-refractivity contribution >= 4 is 8.97 Å². The zero-order valence-electron chi connectivity index (χ0n) is 9.92. The van der Waals surface area contributed by atoms with Crippen molar-refractivity contribution in [2.45, 2.75) is 26.7 Å². The van der Waals surface area contributed by atoms with Gasteiger partial charge in [0, 0.05) is 21.3 Å². The largest absolute Gasteiger partial charge is 0.595 e. The van der Waals surface area contributed by atoms with Crippen LogP contribution in [0.3, 0.4) is 0 Å². The first-order valence-electron chi connectivity index (χ1n) is 5.00. The summed E-state index contributed by atoms with van der Waals surface area (Å²) in [5, 5.41) is 0. The lowest BCUT2D eigenvalue weighted by atomic mass is 10.1. The fraction of sp³-hybridized carbons (Fsp3) is 1.00. The van der Waals surface area contributed by atoms with E-state index in [1.165, 1.54) is 6.42 Å². The highest BCUT2D eigenvalue weighted by atomic mass is 28.4. The zero-order chi connectivity index (χ0) is 11.0. The fourth-order valence-corrected chi connectivity index (χ4v) is 2.63. The topological polar surface area (TPSA) is 39.7 Å². The summed E-state index contributed by atoms with van der Waals surface area (Å²) in [6, 6.07) is 0. The molecule has 0 radical (unpaired) electrons. The van der Waals surface area contributed by atoms with E-state index in [1.807, 2.05) is 0 Å². The molecular formula is C9H23NO3Si. The van der Waals surface area contributed by atoms with Gasteiger partial charge in [-0.1, -0.05) is 13.8 Å². The summed E-state index contributed by atoms with van der Waals surface area (Å²) >= 11 is 0. The second-order valence-electron chi connectivity index (χ2n) is 3.63. The second-order valence-corrected chi connectivity index (χ2v) is 6.32. The first-order valence-corrected chi connectivity index (χ1v) is 6.73. The van der Waals surface area contributed by atoms with Gasteiger partial charge in [0.25, 0.3) is 0 Å². The molecule has 0 amide bonds. The second kappa shape index (κ2) is 7.36. The van der Waals surface area contributed by atoms with Crippen LogP contribution in [0.25, 0.3) is 0 Å². The Morgan fingerprint density at radius 2 is 1.57 bits per heavy atom. The van der Waals surface area contributed by atoms with Crippen molar-refractivity contribution < 1.29 is 13.3 Å². The van der Waals surface area contributed by atoms with Crippen LogP contribution in [-0.4, -0.2) is 36.8 Å². The molecule has 0 saturated heterocycles. The van der Waals surface area contributed by atoms with E-state index in [0.29, 0.717) is 0 Å². The van der Waals surface area contributed by atoms with Crippen LogP contribution in [0.2, 0.25) is 0 Å². The van der Waals surface area contributed by atoms with Crippen molar-refractivity contribution in [3.05, 3.63) is 0 Å². The van der Waals surface area contributed by atoms with E-state index >= 15 is 0 Å². The Morgan fingerprint density at radius 3 is 1.93 bits per heavy atom. The lowest BCUT2D eigenvalue weighted by Crippen LogP contribution is -2.57. The molecule has 0 aliphatic heterocycles. The maximum atomic E-state index is 5.23. The van der Waals surface area contributed by atoms with Crippen molar-refractivity contribution in [2.75, 3.05) is 27.9 Å². The third kappa shape index (κ3) is 5.07. The van der Waals surface area contributed by atoms with Crippen LogP contribution in [0.5, 0.6) is 0 Å². The van der Waals surface area contributed by atoms with Gasteiger partial charge in [-0.05, 0) is 25.3 Å². The summed E-state index contributed by atoms with van der Waals surface area (Å²) in [5.74, 6) is 0.737. The minimum atomic E-state index is -2.54. The Bertz CT molecular complexity index is 132. The molecule has 0 bridgehead atoms. The molecule has 0 unspecified atom stereocenters. The number of nitrogens with one attached hydrogen (secondary N) is 1. The predicted octanol–water partition coefficient (Wildman–Crippen LogP) is 1.39. The molecule has 86 valence electrons. The predicted molar refractivity (Wildman–Crippen MR) is 58.9 cm³/mol. The average molecular weight is 221 g/mol. The third-order valence-electron chi connectivity index (χ3n) is 2.11. The van der Waals surface area contributed by atoms with E-state index in [9.17, 15) is 0 Å². The summed E-state index contributed by atoms with van der Waals surface area (Å²) in [5.41, 5.74) is 0. The van der Waals surface area contributed by atoms with E-state index < -0.39 is 8.97 Å². The van der Waals surface area contributed by atoms with Gasteiger partial charge in [0.15, 0.2) is 0 Å². The van der Waals surface area contributed by atoms with E-state index in [4.69, 9.17) is 13.3 Å². The van der Waals surface area contributed by atoms with Gasteiger partial charge >= 0.3 is 8.97 Å². The molecule has 0 aliphatic rings. The Hall–Kier alpha value is 0.0569. The number of rotatable bonds is 8. The highest BCUT2D eigenvalue weighted by molar-refractivity contribution is 6.57. The van der Waals surface area contributed by atoms with Crippen molar-refractivity contribution in [1.82, 2.24) is 4.98 Å². The van der Waals surface area contributed by atoms with E-state index in [2.05, 4.69) is 18.8 Å². The molecule has 0 fully saturated rings. The van der Waals surface area contributed by atoms with Crippen LogP contribution < -0.4 is 4.98 Å². The molecule has 0 aromatic rings. The van der Waals surface area contributed by atoms with E-state index in [-0.39, 0.29) is 0 Å². The van der Waals surface area contributed by atoms with Crippen LogP contribution in [0.15, 0.2) is 0 Å². The minimum absolute atomic E-state index is 0.737. The van der Waals surface area contributed by atoms with Gasteiger partial charge in [0.05, 0.1) is 0 Å². The van der Waals surface area contributed by atoms with Crippen LogP contribution in [-0.2, 0) is 13.3 Å². The molecule has 0 aromatic heterocycles. The van der Waals surface area contributed by atoms with Crippen LogP contribution in [0.4, 0.5) is 0 Å². The summed E-state index contributed by atoms with van der Waals surface area (Å²) in [6.45, 7) is 5.31. The molecular weight excluding hydrogens is 198 g/mol. The van der Waals surface area contributed by atoms with Gasteiger partial charge in [-0.2, -0.15) is 0 Å². The quantitative estimate of drug-likeness (QED) is 0.496. The van der Waals surface area contributed by atoms with Crippen molar-refractivity contribution in [2.24, 2.45) is 5.92 Å². The molecule has 0 atom stereocenters. The zero-order valence-corrected chi connectivity index (χ0v) is 10.9. The smallest absolute Gasteiger partial charge is 0.364 e. The van der Waals surface area contributed by atoms with Crippen molar-refractivity contribution in [3.8, 4) is 0 Å². The first kappa shape index (κ1) is 14.1. The van der Waals surface area contributed by atoms with Crippen LogP contribution >= 0.6 is 0 Å². The monoisotopic (exact) mass is 221 g/mol. The summed E-state index contributed by atoms with van der Waals surface area (Å²) < 4.78 is 15.7. The van der Waals surface area contributed by atoms with Gasteiger partial charge in [0.2, 0.25) is 0 Å². The first-order chi connectivity index (χ1) is 6.60. The lowest BCUT2D eigenvalue weighted by molar-refractivity contribution is 0.110. The molecule has 14 heavy (non-hydrogen) atoms. The molecule has 0 saturated carbocycles. The Kier molecular flexibility index (Phi) is 7.39. The SMILES string of the molecule is CO[Si](NCCCC(C)C)(OC)OC. The lowest BCUT2D eigenvalue weighted by Gasteiger charge is -2.24. The van der Waals surface area contributed by atoms with E-state index in [0.717, 1.165) is 18.9 Å². The van der Waals surface area contributed by atoms with Crippen molar-refractivity contribution in [1.29, 1.82) is 0 Å². The molecule has 5 heteroatoms. The number of hydrogen-bond donors (Lipinski definition) is 1. The highest BCUT2D eigenvalue weighted by Gasteiger charge is 2.38. The molecule has 4 nitrogen and oxygen atoms in total. The molecule has 0 aromatic carbocycles. The molecule has 1 N–H and O–H groups in total. The standard InChI is InChI=1S/C9H23NO3Si/c1-9(2)7-6-8-10-14(11-3,12-4)13-5/h9-10H,6-8H2,1-5H3.